The molecule has 0 unspecified atom stereocenters. The number of carbonyl (C=O) groups excluding carboxylic acids is 1. The molecule has 2 aromatic rings. The molecule has 24 heavy (non-hydrogen) atoms. The lowest BCUT2D eigenvalue weighted by molar-refractivity contribution is 0.0761. The fourth-order valence-corrected chi connectivity index (χ4v) is 2.69. The minimum absolute atomic E-state index is 0.0337. The van der Waals surface area contributed by atoms with Gasteiger partial charge in [-0.05, 0) is 25.0 Å². The number of rotatable bonds is 3. The number of hydrogen-bond acceptors (Lipinski definition) is 4. The smallest absolute Gasteiger partial charge is 0.256 e. The van der Waals surface area contributed by atoms with Crippen LogP contribution in [0.4, 0.5) is 20.4 Å². The van der Waals surface area contributed by atoms with E-state index < -0.39 is 11.6 Å². The highest BCUT2D eigenvalue weighted by molar-refractivity contribution is 5.93. The summed E-state index contributed by atoms with van der Waals surface area (Å²) < 4.78 is 27.2. The second-order valence-electron chi connectivity index (χ2n) is 5.72. The molecule has 0 aliphatic carbocycles. The molecule has 1 aromatic heterocycles. The van der Waals surface area contributed by atoms with Crippen LogP contribution >= 0.6 is 0 Å². The van der Waals surface area contributed by atoms with Crippen molar-refractivity contribution in [3.63, 3.8) is 0 Å². The van der Waals surface area contributed by atoms with E-state index >= 15 is 0 Å². The van der Waals surface area contributed by atoms with Gasteiger partial charge in [-0.25, -0.2) is 18.7 Å². The predicted molar refractivity (Wildman–Crippen MR) is 86.0 cm³/mol. The highest BCUT2D eigenvalue weighted by Crippen LogP contribution is 2.21. The highest BCUT2D eigenvalue weighted by atomic mass is 19.1. The molecule has 2 heterocycles. The second kappa shape index (κ2) is 7.33. The molecule has 0 spiro atoms. The van der Waals surface area contributed by atoms with Gasteiger partial charge in [0.05, 0.1) is 5.56 Å². The summed E-state index contributed by atoms with van der Waals surface area (Å²) in [6.45, 7) is 1.47. The zero-order chi connectivity index (χ0) is 16.9. The molecule has 1 aliphatic rings. The minimum Gasteiger partial charge on any atom is -0.339 e. The number of carbonyl (C=O) groups is 1. The summed E-state index contributed by atoms with van der Waals surface area (Å²) >= 11 is 0. The number of aromatic nitrogens is 2. The number of halogens is 2. The van der Waals surface area contributed by atoms with Gasteiger partial charge < -0.3 is 10.2 Å². The predicted octanol–water partition coefficient (Wildman–Crippen LogP) is 3.51. The average molecular weight is 332 g/mol. The SMILES string of the molecule is O=C(c1cnc(Nc2c(F)cccc2F)nc1)N1CCCCCC1. The first kappa shape index (κ1) is 16.3. The van der Waals surface area contributed by atoms with Crippen molar-refractivity contribution in [1.29, 1.82) is 0 Å². The van der Waals surface area contributed by atoms with E-state index in [9.17, 15) is 13.6 Å². The lowest BCUT2D eigenvalue weighted by atomic mass is 10.2. The Morgan fingerprint density at radius 3 is 2.17 bits per heavy atom. The zero-order valence-electron chi connectivity index (χ0n) is 13.1. The molecule has 0 bridgehead atoms. The molecule has 126 valence electrons. The lowest BCUT2D eigenvalue weighted by Crippen LogP contribution is -2.32. The van der Waals surface area contributed by atoms with Gasteiger partial charge >= 0.3 is 0 Å². The molecule has 0 radical (unpaired) electrons. The van der Waals surface area contributed by atoms with Crippen LogP contribution in [0, 0.1) is 11.6 Å². The number of anilines is 2. The normalized spacial score (nSPS) is 15.0. The number of para-hydroxylation sites is 1. The Balaban J connectivity index is 1.72. The van der Waals surface area contributed by atoms with Crippen LogP contribution in [0.15, 0.2) is 30.6 Å². The highest BCUT2D eigenvalue weighted by Gasteiger charge is 2.18. The second-order valence-corrected chi connectivity index (χ2v) is 5.72. The Morgan fingerprint density at radius 1 is 1.00 bits per heavy atom. The van der Waals surface area contributed by atoms with E-state index in [0.717, 1.165) is 50.9 Å². The molecule has 1 aliphatic heterocycles. The van der Waals surface area contributed by atoms with Crippen LogP contribution in [0.2, 0.25) is 0 Å². The fourth-order valence-electron chi connectivity index (χ4n) is 2.69. The van der Waals surface area contributed by atoms with E-state index in [1.165, 1.54) is 18.5 Å². The van der Waals surface area contributed by atoms with Gasteiger partial charge in [0, 0.05) is 25.5 Å². The topological polar surface area (TPSA) is 58.1 Å². The third-order valence-electron chi connectivity index (χ3n) is 3.99. The largest absolute Gasteiger partial charge is 0.339 e. The van der Waals surface area contributed by atoms with Crippen molar-refractivity contribution in [2.45, 2.75) is 25.7 Å². The molecule has 1 aromatic carbocycles. The van der Waals surface area contributed by atoms with Crippen molar-refractivity contribution in [2.75, 3.05) is 18.4 Å². The third-order valence-corrected chi connectivity index (χ3v) is 3.99. The Hall–Kier alpha value is -2.57. The molecule has 0 saturated carbocycles. The number of nitrogens with one attached hydrogen (secondary N) is 1. The van der Waals surface area contributed by atoms with E-state index in [2.05, 4.69) is 15.3 Å². The molecule has 3 rings (SSSR count). The Bertz CT molecular complexity index is 693. The summed E-state index contributed by atoms with van der Waals surface area (Å²) in [5, 5.41) is 2.50. The van der Waals surface area contributed by atoms with E-state index in [4.69, 9.17) is 0 Å². The first-order valence-corrected chi connectivity index (χ1v) is 7.97. The molecule has 1 saturated heterocycles. The van der Waals surface area contributed by atoms with Gasteiger partial charge in [-0.3, -0.25) is 4.79 Å². The molecule has 5 nitrogen and oxygen atoms in total. The van der Waals surface area contributed by atoms with Gasteiger partial charge in [0.2, 0.25) is 5.95 Å². The quantitative estimate of drug-likeness (QED) is 0.934. The fraction of sp³-hybridized carbons (Fsp3) is 0.353. The van der Waals surface area contributed by atoms with Crippen LogP contribution in [-0.4, -0.2) is 33.9 Å². The zero-order valence-corrected chi connectivity index (χ0v) is 13.1. The molecular weight excluding hydrogens is 314 g/mol. The summed E-state index contributed by atoms with van der Waals surface area (Å²) in [6.07, 6.45) is 7.02. The van der Waals surface area contributed by atoms with Gasteiger partial charge in [0.25, 0.3) is 5.91 Å². The number of benzene rings is 1. The number of amides is 1. The maximum Gasteiger partial charge on any atom is 0.256 e. The number of hydrogen-bond donors (Lipinski definition) is 1. The van der Waals surface area contributed by atoms with Gasteiger partial charge in [-0.1, -0.05) is 18.9 Å². The van der Waals surface area contributed by atoms with E-state index in [0.29, 0.717) is 5.56 Å². The van der Waals surface area contributed by atoms with Gasteiger partial charge in [-0.15, -0.1) is 0 Å². The van der Waals surface area contributed by atoms with Crippen LogP contribution in [-0.2, 0) is 0 Å². The standard InChI is InChI=1S/C17H18F2N4O/c18-13-6-5-7-14(19)15(13)22-17-20-10-12(11-21-17)16(24)23-8-3-1-2-4-9-23/h5-7,10-11H,1-4,8-9H2,(H,20,21,22). The Labute approximate surface area is 138 Å². The van der Waals surface area contributed by atoms with Gasteiger partial charge in [-0.2, -0.15) is 0 Å². The van der Waals surface area contributed by atoms with E-state index in [-0.39, 0.29) is 17.5 Å². The first-order valence-electron chi connectivity index (χ1n) is 7.97. The third kappa shape index (κ3) is 3.67. The molecule has 7 heteroatoms. The molecule has 0 atom stereocenters. The Kier molecular flexibility index (Phi) is 4.98. The van der Waals surface area contributed by atoms with Crippen LogP contribution < -0.4 is 5.32 Å². The minimum atomic E-state index is -0.733. The summed E-state index contributed by atoms with van der Waals surface area (Å²) in [6, 6.07) is 3.56. The summed E-state index contributed by atoms with van der Waals surface area (Å²) in [4.78, 5) is 22.2. The maximum atomic E-state index is 13.6. The number of likely N-dealkylation sites (tertiary alicyclic amines) is 1. The average Bonchev–Trinajstić information content (AvgIpc) is 2.88. The van der Waals surface area contributed by atoms with Crippen molar-refractivity contribution in [2.24, 2.45) is 0 Å². The van der Waals surface area contributed by atoms with Crippen molar-refractivity contribution >= 4 is 17.5 Å². The van der Waals surface area contributed by atoms with E-state index in [1.807, 2.05) is 0 Å². The van der Waals surface area contributed by atoms with Gasteiger partial charge in [0.15, 0.2) is 0 Å². The van der Waals surface area contributed by atoms with Crippen molar-refractivity contribution in [3.05, 3.63) is 47.8 Å². The molecule has 1 amide bonds. The van der Waals surface area contributed by atoms with Crippen molar-refractivity contribution in [1.82, 2.24) is 14.9 Å². The van der Waals surface area contributed by atoms with Crippen LogP contribution in [0.3, 0.4) is 0 Å². The summed E-state index contributed by atoms with van der Waals surface area (Å²) in [7, 11) is 0. The van der Waals surface area contributed by atoms with Crippen LogP contribution in [0.1, 0.15) is 36.0 Å². The lowest BCUT2D eigenvalue weighted by Gasteiger charge is -2.19. The van der Waals surface area contributed by atoms with Crippen LogP contribution in [0.5, 0.6) is 0 Å². The monoisotopic (exact) mass is 332 g/mol. The number of nitrogens with zero attached hydrogens (tertiary/aromatic N) is 3. The summed E-state index contributed by atoms with van der Waals surface area (Å²) in [5.74, 6) is -1.54. The Morgan fingerprint density at radius 2 is 1.58 bits per heavy atom. The van der Waals surface area contributed by atoms with Crippen LogP contribution in [0.25, 0.3) is 0 Å². The molecule has 1 fully saturated rings. The maximum absolute atomic E-state index is 13.6. The van der Waals surface area contributed by atoms with Crippen molar-refractivity contribution < 1.29 is 13.6 Å². The first-order chi connectivity index (χ1) is 11.6. The summed E-state index contributed by atoms with van der Waals surface area (Å²) in [5.41, 5.74) is 0.0561. The molecular formula is C17H18F2N4O. The molecule has 1 N–H and O–H groups in total. The van der Waals surface area contributed by atoms with Crippen molar-refractivity contribution in [3.8, 4) is 0 Å². The van der Waals surface area contributed by atoms with E-state index in [1.54, 1.807) is 4.90 Å². The van der Waals surface area contributed by atoms with Gasteiger partial charge in [0.1, 0.15) is 17.3 Å².